The lowest BCUT2D eigenvalue weighted by atomic mass is 10.1. The molecule has 3 heterocycles. The standard InChI is InChI=1S/C19H17ClN6O4/c1-9-13(30-4)6-5-11(20)14(9)26-16(27)10-7-21-18(29)23-15(10)25-8-12(22-19(25)26)17(28)24(2)3/h5-8H,1-4H3,(H,21,23,29). The minimum Gasteiger partial charge on any atom is -0.496 e. The van der Waals surface area contributed by atoms with Crippen LogP contribution in [0.15, 0.2) is 34.1 Å². The van der Waals surface area contributed by atoms with Gasteiger partial charge in [-0.25, -0.2) is 19.3 Å². The third-order valence-corrected chi connectivity index (χ3v) is 5.06. The predicted octanol–water partition coefficient (Wildman–Crippen LogP) is 1.39. The van der Waals surface area contributed by atoms with Crippen LogP contribution in [-0.2, 0) is 0 Å². The summed E-state index contributed by atoms with van der Waals surface area (Å²) in [5.41, 5.74) is 0.0886. The molecular formula is C19H17ClN6O4. The zero-order chi connectivity index (χ0) is 21.7. The third kappa shape index (κ3) is 2.84. The molecule has 4 rings (SSSR count). The molecule has 1 amide bonds. The number of H-pyrrole nitrogens is 1. The van der Waals surface area contributed by atoms with E-state index in [1.807, 2.05) is 0 Å². The van der Waals surface area contributed by atoms with Crippen LogP contribution in [0, 0.1) is 6.92 Å². The molecule has 1 N–H and O–H groups in total. The van der Waals surface area contributed by atoms with E-state index in [1.165, 1.54) is 33.4 Å². The predicted molar refractivity (Wildman–Crippen MR) is 111 cm³/mol. The van der Waals surface area contributed by atoms with Gasteiger partial charge in [-0.2, -0.15) is 0 Å². The summed E-state index contributed by atoms with van der Waals surface area (Å²) in [6.07, 6.45) is 2.64. The molecule has 154 valence electrons. The van der Waals surface area contributed by atoms with Gasteiger partial charge in [0.2, 0.25) is 5.78 Å². The van der Waals surface area contributed by atoms with Crippen molar-refractivity contribution in [1.29, 1.82) is 0 Å². The molecule has 4 aromatic rings. The van der Waals surface area contributed by atoms with Gasteiger partial charge in [0.05, 0.1) is 17.8 Å². The Bertz CT molecular complexity index is 1450. The lowest BCUT2D eigenvalue weighted by Gasteiger charge is -2.16. The Morgan fingerprint density at radius 3 is 2.67 bits per heavy atom. The molecule has 0 fully saturated rings. The van der Waals surface area contributed by atoms with Gasteiger partial charge in [0.1, 0.15) is 22.5 Å². The highest BCUT2D eigenvalue weighted by Crippen LogP contribution is 2.31. The van der Waals surface area contributed by atoms with Crippen LogP contribution in [0.5, 0.6) is 5.75 Å². The van der Waals surface area contributed by atoms with E-state index in [0.29, 0.717) is 17.0 Å². The molecule has 0 saturated carbocycles. The number of hydrogen-bond donors (Lipinski definition) is 1. The van der Waals surface area contributed by atoms with Crippen molar-refractivity contribution in [3.63, 3.8) is 0 Å². The van der Waals surface area contributed by atoms with Gasteiger partial charge < -0.3 is 9.64 Å². The SMILES string of the molecule is COc1ccc(Cl)c(-n2c(=O)c3cnc(=O)[nH]c3n3cc(C(=O)N(C)C)nc23)c1C. The van der Waals surface area contributed by atoms with Crippen molar-refractivity contribution < 1.29 is 9.53 Å². The monoisotopic (exact) mass is 428 g/mol. The van der Waals surface area contributed by atoms with E-state index < -0.39 is 11.2 Å². The molecule has 1 aromatic carbocycles. The number of benzene rings is 1. The maximum atomic E-state index is 13.4. The Morgan fingerprint density at radius 2 is 2.00 bits per heavy atom. The zero-order valence-electron chi connectivity index (χ0n) is 16.6. The van der Waals surface area contributed by atoms with Crippen molar-refractivity contribution in [3.05, 3.63) is 61.6 Å². The highest BCUT2D eigenvalue weighted by Gasteiger charge is 2.23. The van der Waals surface area contributed by atoms with E-state index in [4.69, 9.17) is 16.3 Å². The first-order chi connectivity index (χ1) is 14.2. The fraction of sp³-hybridized carbons (Fsp3) is 0.211. The largest absolute Gasteiger partial charge is 0.496 e. The topological polar surface area (TPSA) is 115 Å². The smallest absolute Gasteiger partial charge is 0.346 e. The molecule has 30 heavy (non-hydrogen) atoms. The van der Waals surface area contributed by atoms with Gasteiger partial charge in [-0.05, 0) is 19.1 Å². The maximum Gasteiger partial charge on any atom is 0.346 e. The number of imidazole rings is 1. The van der Waals surface area contributed by atoms with Gasteiger partial charge in [-0.15, -0.1) is 0 Å². The van der Waals surface area contributed by atoms with Gasteiger partial charge in [0.25, 0.3) is 11.5 Å². The van der Waals surface area contributed by atoms with Crippen LogP contribution < -0.4 is 16.0 Å². The van der Waals surface area contributed by atoms with Crippen molar-refractivity contribution in [1.82, 2.24) is 28.8 Å². The molecule has 0 atom stereocenters. The van der Waals surface area contributed by atoms with Gasteiger partial charge in [0, 0.05) is 32.1 Å². The maximum absolute atomic E-state index is 13.4. The molecule has 3 aromatic heterocycles. The summed E-state index contributed by atoms with van der Waals surface area (Å²) in [5.74, 6) is 0.267. The van der Waals surface area contributed by atoms with Gasteiger partial charge >= 0.3 is 5.69 Å². The highest BCUT2D eigenvalue weighted by molar-refractivity contribution is 6.32. The number of rotatable bonds is 3. The summed E-state index contributed by atoms with van der Waals surface area (Å²) >= 11 is 6.46. The van der Waals surface area contributed by atoms with Crippen molar-refractivity contribution >= 4 is 34.3 Å². The van der Waals surface area contributed by atoms with E-state index in [0.717, 1.165) is 0 Å². The summed E-state index contributed by atoms with van der Waals surface area (Å²) in [6.45, 7) is 1.76. The van der Waals surface area contributed by atoms with Gasteiger partial charge in [-0.1, -0.05) is 11.6 Å². The normalized spacial score (nSPS) is 11.2. The number of nitrogens with one attached hydrogen (secondary N) is 1. The number of hydrogen-bond acceptors (Lipinski definition) is 6. The van der Waals surface area contributed by atoms with Crippen LogP contribution in [0.1, 0.15) is 16.1 Å². The Kier molecular flexibility index (Phi) is 4.58. The molecule has 0 aliphatic rings. The average Bonchev–Trinajstić information content (AvgIpc) is 3.14. The lowest BCUT2D eigenvalue weighted by molar-refractivity contribution is 0.0822. The minimum atomic E-state index is -0.634. The van der Waals surface area contributed by atoms with Gasteiger partial charge in [-0.3, -0.25) is 19.0 Å². The zero-order valence-corrected chi connectivity index (χ0v) is 17.3. The molecule has 0 spiro atoms. The van der Waals surface area contributed by atoms with E-state index in [9.17, 15) is 14.4 Å². The van der Waals surface area contributed by atoms with Crippen molar-refractivity contribution in [2.45, 2.75) is 6.92 Å². The molecule has 0 unspecified atom stereocenters. The quantitative estimate of drug-likeness (QED) is 0.527. The van der Waals surface area contributed by atoms with Crippen LogP contribution in [-0.4, -0.2) is 55.9 Å². The fourth-order valence-electron chi connectivity index (χ4n) is 3.31. The molecule has 0 bridgehead atoms. The summed E-state index contributed by atoms with van der Waals surface area (Å²) < 4.78 is 8.12. The van der Waals surface area contributed by atoms with Crippen LogP contribution in [0.4, 0.5) is 0 Å². The number of ether oxygens (including phenoxy) is 1. The first-order valence-corrected chi connectivity index (χ1v) is 9.20. The number of carbonyl (C=O) groups is 1. The lowest BCUT2D eigenvalue weighted by Crippen LogP contribution is -2.25. The molecule has 0 aliphatic carbocycles. The number of nitrogens with zero attached hydrogens (tertiary/aromatic N) is 5. The van der Waals surface area contributed by atoms with Crippen molar-refractivity contribution in [2.24, 2.45) is 0 Å². The summed E-state index contributed by atoms with van der Waals surface area (Å²) in [4.78, 5) is 49.7. The van der Waals surface area contributed by atoms with Crippen LogP contribution in [0.3, 0.4) is 0 Å². The first-order valence-electron chi connectivity index (χ1n) is 8.83. The van der Waals surface area contributed by atoms with E-state index >= 15 is 0 Å². The Hall–Kier alpha value is -3.66. The third-order valence-electron chi connectivity index (χ3n) is 4.75. The molecule has 0 aliphatic heterocycles. The molecule has 11 heteroatoms. The van der Waals surface area contributed by atoms with Crippen LogP contribution in [0.25, 0.3) is 22.5 Å². The summed E-state index contributed by atoms with van der Waals surface area (Å²) in [6, 6.07) is 3.30. The fourth-order valence-corrected chi connectivity index (χ4v) is 3.60. The number of halogens is 1. The molecule has 0 saturated heterocycles. The molecular weight excluding hydrogens is 412 g/mol. The second kappa shape index (κ2) is 6.99. The number of methoxy groups -OCH3 is 1. The second-order valence-electron chi connectivity index (χ2n) is 6.81. The Morgan fingerprint density at radius 1 is 1.27 bits per heavy atom. The summed E-state index contributed by atoms with van der Waals surface area (Å²) in [5, 5.41) is 0.416. The van der Waals surface area contributed by atoms with Crippen molar-refractivity contribution in [2.75, 3.05) is 21.2 Å². The van der Waals surface area contributed by atoms with Crippen LogP contribution in [0.2, 0.25) is 5.02 Å². The average molecular weight is 429 g/mol. The number of aromatic nitrogens is 5. The molecule has 0 radical (unpaired) electrons. The first kappa shape index (κ1) is 19.6. The molecule has 10 nitrogen and oxygen atoms in total. The van der Waals surface area contributed by atoms with Gasteiger partial charge in [0.15, 0.2) is 0 Å². The number of aromatic amines is 1. The second-order valence-corrected chi connectivity index (χ2v) is 7.22. The van der Waals surface area contributed by atoms with E-state index in [2.05, 4.69) is 15.0 Å². The van der Waals surface area contributed by atoms with Crippen molar-refractivity contribution in [3.8, 4) is 11.4 Å². The highest BCUT2D eigenvalue weighted by atomic mass is 35.5. The van der Waals surface area contributed by atoms with E-state index in [1.54, 1.807) is 33.2 Å². The Balaban J connectivity index is 2.24. The van der Waals surface area contributed by atoms with E-state index in [-0.39, 0.29) is 33.4 Å². The summed E-state index contributed by atoms with van der Waals surface area (Å²) in [7, 11) is 4.69. The number of amides is 1. The Labute approximate surface area is 174 Å². The number of carbonyl (C=O) groups excluding carboxylic acids is 1. The minimum absolute atomic E-state index is 0.0926. The van der Waals surface area contributed by atoms with Crippen LogP contribution >= 0.6 is 11.6 Å². The number of fused-ring (bicyclic) bond motifs is 3.